The van der Waals surface area contributed by atoms with E-state index in [-0.39, 0.29) is 5.91 Å². The van der Waals surface area contributed by atoms with Crippen LogP contribution in [0.5, 0.6) is 0 Å². The van der Waals surface area contributed by atoms with E-state index in [0.717, 1.165) is 33.5 Å². The number of carbonyl (C=O) groups is 1. The fourth-order valence-electron chi connectivity index (χ4n) is 2.54. The summed E-state index contributed by atoms with van der Waals surface area (Å²) in [6, 6.07) is 7.92. The van der Waals surface area contributed by atoms with E-state index in [2.05, 4.69) is 20.5 Å². The number of aromatic amines is 1. The molecule has 22 heavy (non-hydrogen) atoms. The predicted molar refractivity (Wildman–Crippen MR) is 87.2 cm³/mol. The molecule has 5 heteroatoms. The minimum absolute atomic E-state index is 0.166. The zero-order valence-electron chi connectivity index (χ0n) is 13.1. The molecule has 1 aromatic carbocycles. The summed E-state index contributed by atoms with van der Waals surface area (Å²) in [5, 5.41) is 10.8. The van der Waals surface area contributed by atoms with Crippen LogP contribution in [0.4, 0.5) is 5.69 Å². The number of hydrogen-bond acceptors (Lipinski definition) is 3. The number of aryl methyl sites for hydroxylation is 4. The van der Waals surface area contributed by atoms with Crippen molar-refractivity contribution in [3.05, 3.63) is 52.5 Å². The van der Waals surface area contributed by atoms with Crippen LogP contribution in [-0.4, -0.2) is 21.1 Å². The lowest BCUT2D eigenvalue weighted by Crippen LogP contribution is -2.15. The number of nitrogens with one attached hydrogen (secondary N) is 2. The first-order chi connectivity index (χ1) is 10.5. The topological polar surface area (TPSA) is 70.7 Å². The van der Waals surface area contributed by atoms with Gasteiger partial charge in [-0.05, 0) is 45.9 Å². The van der Waals surface area contributed by atoms with E-state index in [1.54, 1.807) is 0 Å². The molecule has 2 aromatic heterocycles. The maximum absolute atomic E-state index is 12.6. The van der Waals surface area contributed by atoms with Crippen LogP contribution >= 0.6 is 0 Å². The Morgan fingerprint density at radius 1 is 1.09 bits per heavy atom. The molecule has 0 spiro atoms. The van der Waals surface area contributed by atoms with Crippen LogP contribution in [0.15, 0.2) is 24.3 Å². The van der Waals surface area contributed by atoms with Crippen LogP contribution in [0.3, 0.4) is 0 Å². The second-order valence-electron chi connectivity index (χ2n) is 5.58. The average molecular weight is 294 g/mol. The Morgan fingerprint density at radius 2 is 1.86 bits per heavy atom. The summed E-state index contributed by atoms with van der Waals surface area (Å²) in [5.74, 6) is -0.166. The number of carbonyl (C=O) groups excluding carboxylic acids is 1. The molecule has 2 heterocycles. The monoisotopic (exact) mass is 294 g/mol. The summed E-state index contributed by atoms with van der Waals surface area (Å²) in [6.07, 6.45) is 0. The van der Waals surface area contributed by atoms with E-state index in [0.29, 0.717) is 11.3 Å². The van der Waals surface area contributed by atoms with Crippen molar-refractivity contribution in [3.8, 4) is 0 Å². The molecule has 5 nitrogen and oxygen atoms in total. The largest absolute Gasteiger partial charge is 0.319 e. The molecule has 2 N–H and O–H groups in total. The van der Waals surface area contributed by atoms with Gasteiger partial charge in [-0.1, -0.05) is 11.6 Å². The molecule has 0 aliphatic heterocycles. The van der Waals surface area contributed by atoms with Gasteiger partial charge in [0.2, 0.25) is 0 Å². The van der Waals surface area contributed by atoms with Crippen molar-refractivity contribution in [1.29, 1.82) is 0 Å². The number of fused-ring (bicyclic) bond motifs is 1. The zero-order valence-corrected chi connectivity index (χ0v) is 13.1. The Bertz CT molecular complexity index is 860. The number of benzene rings is 1. The lowest BCUT2D eigenvalue weighted by atomic mass is 10.1. The van der Waals surface area contributed by atoms with E-state index in [1.165, 1.54) is 0 Å². The minimum atomic E-state index is -0.166. The smallest absolute Gasteiger partial charge is 0.257 e. The van der Waals surface area contributed by atoms with Gasteiger partial charge in [-0.2, -0.15) is 5.10 Å². The number of hydrogen-bond donors (Lipinski definition) is 2. The summed E-state index contributed by atoms with van der Waals surface area (Å²) in [5.41, 5.74) is 5.68. The molecule has 0 atom stereocenters. The van der Waals surface area contributed by atoms with Crippen molar-refractivity contribution < 1.29 is 4.79 Å². The van der Waals surface area contributed by atoms with Crippen molar-refractivity contribution in [3.63, 3.8) is 0 Å². The van der Waals surface area contributed by atoms with Crippen molar-refractivity contribution >= 4 is 22.5 Å². The average Bonchev–Trinajstić information content (AvgIpc) is 2.78. The first-order valence-electron chi connectivity index (χ1n) is 7.16. The summed E-state index contributed by atoms with van der Waals surface area (Å²) in [6.45, 7) is 7.61. The van der Waals surface area contributed by atoms with Gasteiger partial charge in [-0.15, -0.1) is 0 Å². The molecule has 3 rings (SSSR count). The Kier molecular flexibility index (Phi) is 3.41. The van der Waals surface area contributed by atoms with Gasteiger partial charge in [-0.25, -0.2) is 0 Å². The fourth-order valence-corrected chi connectivity index (χ4v) is 2.54. The number of aromatic nitrogens is 3. The highest BCUT2D eigenvalue weighted by molar-refractivity contribution is 6.07. The summed E-state index contributed by atoms with van der Waals surface area (Å²) >= 11 is 0. The molecule has 0 aliphatic rings. The Labute approximate surface area is 128 Å². The van der Waals surface area contributed by atoms with Crippen LogP contribution in [0, 0.1) is 27.7 Å². The van der Waals surface area contributed by atoms with Gasteiger partial charge in [-0.3, -0.25) is 14.9 Å². The molecule has 112 valence electrons. The van der Waals surface area contributed by atoms with Crippen LogP contribution in [-0.2, 0) is 0 Å². The molecule has 0 bridgehead atoms. The lowest BCUT2D eigenvalue weighted by molar-refractivity contribution is 0.102. The van der Waals surface area contributed by atoms with Gasteiger partial charge in [0.1, 0.15) is 0 Å². The molecular weight excluding hydrogens is 276 g/mol. The first kappa shape index (κ1) is 14.3. The second-order valence-corrected chi connectivity index (χ2v) is 5.58. The van der Waals surface area contributed by atoms with Crippen LogP contribution in [0.2, 0.25) is 0 Å². The van der Waals surface area contributed by atoms with E-state index in [9.17, 15) is 4.79 Å². The van der Waals surface area contributed by atoms with Gasteiger partial charge < -0.3 is 5.32 Å². The molecule has 0 saturated carbocycles. The van der Waals surface area contributed by atoms with Gasteiger partial charge in [0, 0.05) is 5.39 Å². The lowest BCUT2D eigenvalue weighted by Gasteiger charge is -2.09. The number of rotatable bonds is 2. The number of amides is 1. The standard InChI is InChI=1S/C17H18N4O/c1-9-5-6-15-13(7-9)8-14(10(2)18-15)17(22)19-16-11(3)20-21-12(16)4/h5-8H,1-4H3,(H,19,22)(H,20,21). The number of pyridine rings is 1. The van der Waals surface area contributed by atoms with E-state index in [4.69, 9.17) is 0 Å². The third kappa shape index (κ3) is 2.45. The fraction of sp³-hybridized carbons (Fsp3) is 0.235. The predicted octanol–water partition coefficient (Wildman–Crippen LogP) is 3.44. The highest BCUT2D eigenvalue weighted by Crippen LogP contribution is 2.21. The van der Waals surface area contributed by atoms with Gasteiger partial charge in [0.25, 0.3) is 5.91 Å². The second kappa shape index (κ2) is 5.26. The quantitative estimate of drug-likeness (QED) is 0.760. The Hall–Kier alpha value is -2.69. The summed E-state index contributed by atoms with van der Waals surface area (Å²) in [4.78, 5) is 17.1. The van der Waals surface area contributed by atoms with Crippen molar-refractivity contribution in [2.24, 2.45) is 0 Å². The molecule has 0 unspecified atom stereocenters. The Balaban J connectivity index is 2.02. The number of anilines is 1. The van der Waals surface area contributed by atoms with E-state index in [1.807, 2.05) is 52.0 Å². The van der Waals surface area contributed by atoms with Gasteiger partial charge >= 0.3 is 0 Å². The molecule has 0 saturated heterocycles. The van der Waals surface area contributed by atoms with E-state index < -0.39 is 0 Å². The van der Waals surface area contributed by atoms with Gasteiger partial charge in [0.15, 0.2) is 0 Å². The van der Waals surface area contributed by atoms with E-state index >= 15 is 0 Å². The minimum Gasteiger partial charge on any atom is -0.319 e. The molecule has 0 fully saturated rings. The molecule has 0 radical (unpaired) electrons. The maximum Gasteiger partial charge on any atom is 0.257 e. The summed E-state index contributed by atoms with van der Waals surface area (Å²) in [7, 11) is 0. The zero-order chi connectivity index (χ0) is 15.9. The SMILES string of the molecule is Cc1ccc2nc(C)c(C(=O)Nc3c(C)n[nH]c3C)cc2c1. The highest BCUT2D eigenvalue weighted by atomic mass is 16.1. The van der Waals surface area contributed by atoms with Gasteiger partial charge in [0.05, 0.1) is 33.8 Å². The van der Waals surface area contributed by atoms with Crippen molar-refractivity contribution in [2.75, 3.05) is 5.32 Å². The van der Waals surface area contributed by atoms with Crippen molar-refractivity contribution in [2.45, 2.75) is 27.7 Å². The van der Waals surface area contributed by atoms with Crippen LogP contribution in [0.25, 0.3) is 10.9 Å². The van der Waals surface area contributed by atoms with Crippen LogP contribution in [0.1, 0.15) is 33.0 Å². The summed E-state index contributed by atoms with van der Waals surface area (Å²) < 4.78 is 0. The molecular formula is C17H18N4O. The third-order valence-electron chi connectivity index (χ3n) is 3.77. The number of nitrogens with zero attached hydrogens (tertiary/aromatic N) is 2. The molecule has 1 amide bonds. The third-order valence-corrected chi connectivity index (χ3v) is 3.77. The van der Waals surface area contributed by atoms with Crippen molar-refractivity contribution in [1.82, 2.24) is 15.2 Å². The van der Waals surface area contributed by atoms with Crippen LogP contribution < -0.4 is 5.32 Å². The normalized spacial score (nSPS) is 10.9. The number of H-pyrrole nitrogens is 1. The first-order valence-corrected chi connectivity index (χ1v) is 7.16. The Morgan fingerprint density at radius 3 is 2.55 bits per heavy atom. The molecule has 3 aromatic rings. The maximum atomic E-state index is 12.6. The molecule has 0 aliphatic carbocycles. The highest BCUT2D eigenvalue weighted by Gasteiger charge is 2.15.